The fourth-order valence-electron chi connectivity index (χ4n) is 2.88. The zero-order chi connectivity index (χ0) is 19.8. The van der Waals surface area contributed by atoms with Gasteiger partial charge in [0.05, 0.1) is 6.20 Å². The molecule has 4 heterocycles. The Bertz CT molecular complexity index is 1160. The number of aromatic nitrogens is 5. The summed E-state index contributed by atoms with van der Waals surface area (Å²) in [5.41, 5.74) is 9.40. The molecule has 0 radical (unpaired) electrons. The number of nitrogens with zero attached hydrogens (tertiary/aromatic N) is 5. The van der Waals surface area contributed by atoms with Gasteiger partial charge in [0.2, 0.25) is 5.89 Å². The highest BCUT2D eigenvalue weighted by atomic mass is 16.3. The van der Waals surface area contributed by atoms with Crippen LogP contribution in [0.2, 0.25) is 0 Å². The van der Waals surface area contributed by atoms with E-state index in [1.807, 2.05) is 43.5 Å². The zero-order valence-electron chi connectivity index (χ0n) is 15.7. The van der Waals surface area contributed by atoms with Crippen LogP contribution in [-0.2, 0) is 0 Å². The summed E-state index contributed by atoms with van der Waals surface area (Å²) < 4.78 is 7.34. The monoisotopic (exact) mass is 377 g/mol. The van der Waals surface area contributed by atoms with Crippen molar-refractivity contribution in [1.29, 1.82) is 0 Å². The second-order valence-corrected chi connectivity index (χ2v) is 6.67. The molecule has 3 N–H and O–H groups in total. The number of aryl methyl sites for hydroxylation is 1. The molecular formula is C19H19N7O2. The molecule has 1 amide bonds. The number of rotatable bonds is 4. The van der Waals surface area contributed by atoms with E-state index in [0.717, 1.165) is 16.9 Å². The summed E-state index contributed by atoms with van der Waals surface area (Å²) in [6.07, 6.45) is 6.62. The lowest BCUT2D eigenvalue weighted by Gasteiger charge is -2.13. The van der Waals surface area contributed by atoms with Crippen molar-refractivity contribution in [2.75, 3.05) is 5.73 Å². The number of anilines is 1. The molecule has 142 valence electrons. The number of imidazole rings is 1. The van der Waals surface area contributed by atoms with Crippen molar-refractivity contribution < 1.29 is 9.21 Å². The van der Waals surface area contributed by atoms with Crippen molar-refractivity contribution in [2.45, 2.75) is 26.8 Å². The number of pyridine rings is 1. The van der Waals surface area contributed by atoms with Crippen LogP contribution in [0.5, 0.6) is 0 Å². The second kappa shape index (κ2) is 6.76. The van der Waals surface area contributed by atoms with Crippen LogP contribution in [0.25, 0.3) is 28.5 Å². The molecule has 0 unspecified atom stereocenters. The van der Waals surface area contributed by atoms with Gasteiger partial charge in [0.1, 0.15) is 17.6 Å². The molecule has 4 rings (SSSR count). The van der Waals surface area contributed by atoms with Crippen LogP contribution >= 0.6 is 0 Å². The molecule has 9 nitrogen and oxygen atoms in total. The summed E-state index contributed by atoms with van der Waals surface area (Å²) in [7, 11) is 0. The first-order valence-corrected chi connectivity index (χ1v) is 8.76. The van der Waals surface area contributed by atoms with E-state index in [1.54, 1.807) is 6.20 Å². The van der Waals surface area contributed by atoms with Gasteiger partial charge in [-0.05, 0) is 32.9 Å². The first kappa shape index (κ1) is 17.7. The number of oxazole rings is 1. The van der Waals surface area contributed by atoms with Crippen LogP contribution in [0.1, 0.15) is 30.0 Å². The molecule has 9 heteroatoms. The highest BCUT2D eigenvalue weighted by Crippen LogP contribution is 2.30. The third kappa shape index (κ3) is 3.07. The Morgan fingerprint density at radius 1 is 1.21 bits per heavy atom. The number of nitrogen functional groups attached to an aromatic ring is 1. The Labute approximate surface area is 160 Å². The molecule has 0 aliphatic carbocycles. The third-order valence-corrected chi connectivity index (χ3v) is 4.16. The zero-order valence-corrected chi connectivity index (χ0v) is 15.7. The van der Waals surface area contributed by atoms with E-state index in [1.165, 1.54) is 12.5 Å². The number of hydrogen-bond acceptors (Lipinski definition) is 7. The number of amides is 1. The summed E-state index contributed by atoms with van der Waals surface area (Å²) in [6.45, 7) is 5.67. The fourth-order valence-corrected chi connectivity index (χ4v) is 2.88. The van der Waals surface area contributed by atoms with E-state index in [9.17, 15) is 4.79 Å². The third-order valence-electron chi connectivity index (χ3n) is 4.16. The van der Waals surface area contributed by atoms with Gasteiger partial charge in [-0.15, -0.1) is 0 Å². The first-order chi connectivity index (χ1) is 13.4. The van der Waals surface area contributed by atoms with Crippen molar-refractivity contribution in [2.24, 2.45) is 0 Å². The molecule has 0 bridgehead atoms. The van der Waals surface area contributed by atoms with Crippen LogP contribution < -0.4 is 11.1 Å². The van der Waals surface area contributed by atoms with Gasteiger partial charge in [0.25, 0.3) is 5.91 Å². The minimum atomic E-state index is -0.389. The molecule has 4 aromatic rings. The predicted octanol–water partition coefficient (Wildman–Crippen LogP) is 2.48. The van der Waals surface area contributed by atoms with Gasteiger partial charge in [-0.2, -0.15) is 0 Å². The minimum Gasteiger partial charge on any atom is -0.443 e. The van der Waals surface area contributed by atoms with Gasteiger partial charge in [-0.1, -0.05) is 0 Å². The molecule has 0 atom stereocenters. The van der Waals surface area contributed by atoms with E-state index in [2.05, 4.69) is 25.3 Å². The van der Waals surface area contributed by atoms with Crippen molar-refractivity contribution in [3.63, 3.8) is 0 Å². The van der Waals surface area contributed by atoms with Crippen molar-refractivity contribution in [3.05, 3.63) is 48.4 Å². The van der Waals surface area contributed by atoms with Gasteiger partial charge in [-0.25, -0.2) is 19.9 Å². The predicted molar refractivity (Wildman–Crippen MR) is 103 cm³/mol. The average Bonchev–Trinajstić information content (AvgIpc) is 3.31. The van der Waals surface area contributed by atoms with Crippen molar-refractivity contribution in [3.8, 4) is 22.8 Å². The lowest BCUT2D eigenvalue weighted by atomic mass is 10.1. The number of carbonyl (C=O) groups is 1. The Hall–Kier alpha value is -3.75. The topological polar surface area (TPSA) is 124 Å². The second-order valence-electron chi connectivity index (χ2n) is 6.67. The molecular weight excluding hydrogens is 358 g/mol. The summed E-state index contributed by atoms with van der Waals surface area (Å²) in [4.78, 5) is 29.9. The van der Waals surface area contributed by atoms with E-state index >= 15 is 0 Å². The molecule has 0 spiro atoms. The Morgan fingerprint density at radius 2 is 2.04 bits per heavy atom. The van der Waals surface area contributed by atoms with E-state index in [0.29, 0.717) is 11.4 Å². The first-order valence-electron chi connectivity index (χ1n) is 8.76. The van der Waals surface area contributed by atoms with Crippen molar-refractivity contribution >= 4 is 17.4 Å². The van der Waals surface area contributed by atoms with Gasteiger partial charge in [0, 0.05) is 29.7 Å². The lowest BCUT2D eigenvalue weighted by molar-refractivity contribution is 0.0939. The largest absolute Gasteiger partial charge is 0.443 e. The number of fused-ring (bicyclic) bond motifs is 1. The maximum Gasteiger partial charge on any atom is 0.273 e. The number of hydrogen-bond donors (Lipinski definition) is 2. The normalized spacial score (nSPS) is 11.3. The maximum atomic E-state index is 12.5. The molecule has 28 heavy (non-hydrogen) atoms. The van der Waals surface area contributed by atoms with E-state index in [4.69, 9.17) is 10.2 Å². The van der Waals surface area contributed by atoms with Crippen LogP contribution in [0, 0.1) is 6.92 Å². The number of nitrogens with two attached hydrogens (primary N) is 1. The average molecular weight is 377 g/mol. The standard InChI is InChI=1S/C19H19N7O2/c1-10(2)23-18(27)16-17(20)25-15(19-21-6-7-28-19)14(24-16)12-4-5-13-22-8-11(3)26(13)9-12/h4-10H,1-3H3,(H2,20,25)(H,23,27). The van der Waals surface area contributed by atoms with E-state index < -0.39 is 0 Å². The van der Waals surface area contributed by atoms with E-state index in [-0.39, 0.29) is 29.4 Å². The van der Waals surface area contributed by atoms with Gasteiger partial charge in [-0.3, -0.25) is 4.79 Å². The smallest absolute Gasteiger partial charge is 0.273 e. The highest BCUT2D eigenvalue weighted by Gasteiger charge is 2.22. The lowest BCUT2D eigenvalue weighted by Crippen LogP contribution is -2.31. The summed E-state index contributed by atoms with van der Waals surface area (Å²) >= 11 is 0. The minimum absolute atomic E-state index is 0.00925. The Morgan fingerprint density at radius 3 is 2.75 bits per heavy atom. The molecule has 0 saturated carbocycles. The molecule has 0 fully saturated rings. The molecule has 0 aliphatic rings. The summed E-state index contributed by atoms with van der Waals surface area (Å²) in [5.74, 6) is -0.109. The number of nitrogens with one attached hydrogen (secondary N) is 1. The highest BCUT2D eigenvalue weighted by molar-refractivity contribution is 5.97. The van der Waals surface area contributed by atoms with Crippen molar-refractivity contribution in [1.82, 2.24) is 29.7 Å². The fraction of sp³-hybridized carbons (Fsp3) is 0.211. The van der Waals surface area contributed by atoms with Crippen LogP contribution in [0.15, 0.2) is 41.4 Å². The van der Waals surface area contributed by atoms with Gasteiger partial charge >= 0.3 is 0 Å². The summed E-state index contributed by atoms with van der Waals surface area (Å²) in [6, 6.07) is 3.67. The maximum absolute atomic E-state index is 12.5. The van der Waals surface area contributed by atoms with Crippen LogP contribution in [0.4, 0.5) is 5.82 Å². The molecule has 0 aliphatic heterocycles. The SMILES string of the molecule is Cc1cnc2ccc(-c3nc(C(=O)NC(C)C)c(N)nc3-c3ncco3)cn12. The molecule has 0 aromatic carbocycles. The summed E-state index contributed by atoms with van der Waals surface area (Å²) in [5, 5.41) is 2.79. The van der Waals surface area contributed by atoms with Crippen LogP contribution in [-0.4, -0.2) is 36.3 Å². The van der Waals surface area contributed by atoms with Gasteiger partial charge in [0.15, 0.2) is 17.2 Å². The number of carbonyl (C=O) groups excluding carboxylic acids is 1. The Kier molecular flexibility index (Phi) is 4.26. The van der Waals surface area contributed by atoms with Crippen LogP contribution in [0.3, 0.4) is 0 Å². The Balaban J connectivity index is 1.93. The molecule has 4 aromatic heterocycles. The van der Waals surface area contributed by atoms with Gasteiger partial charge < -0.3 is 19.9 Å². The molecule has 0 saturated heterocycles. The quantitative estimate of drug-likeness (QED) is 0.560.